The van der Waals surface area contributed by atoms with E-state index in [2.05, 4.69) is 6.07 Å². The number of alkyl halides is 6. The van der Waals surface area contributed by atoms with Crippen molar-refractivity contribution in [3.63, 3.8) is 0 Å². The maximum atomic E-state index is 13.3. The first-order valence-electron chi connectivity index (χ1n) is 8.96. The number of nitrogens with zero attached hydrogens (tertiary/aromatic N) is 1. The number of nitrogens with two attached hydrogens (primary N) is 1. The minimum Gasteiger partial charge on any atom is -0.366 e. The molecule has 4 aromatic rings. The van der Waals surface area contributed by atoms with Gasteiger partial charge in [0.05, 0.1) is 22.2 Å². The number of rotatable bonds is 3. The third kappa shape index (κ3) is 3.71. The zero-order chi connectivity index (χ0) is 22.6. The second-order valence-electron chi connectivity index (χ2n) is 6.99. The van der Waals surface area contributed by atoms with E-state index in [0.717, 1.165) is 24.3 Å². The summed E-state index contributed by atoms with van der Waals surface area (Å²) in [5.41, 5.74) is 4.79. The molecule has 1 amide bonds. The number of fused-ring (bicyclic) bond motifs is 3. The lowest BCUT2D eigenvalue weighted by Gasteiger charge is -2.11. The van der Waals surface area contributed by atoms with E-state index in [1.807, 2.05) is 0 Å². The fraction of sp³-hybridized carbons (Fsp3) is 0.136. The van der Waals surface area contributed by atoms with Crippen LogP contribution in [0.3, 0.4) is 0 Å². The maximum Gasteiger partial charge on any atom is 0.416 e. The van der Waals surface area contributed by atoms with Gasteiger partial charge in [0.1, 0.15) is 0 Å². The Balaban J connectivity index is 1.95. The van der Waals surface area contributed by atoms with Crippen molar-refractivity contribution in [3.05, 3.63) is 82.9 Å². The first kappa shape index (κ1) is 20.8. The number of hydrogen-bond donors (Lipinski definition) is 1. The molecule has 1 radical (unpaired) electrons. The Bertz CT molecular complexity index is 1300. The summed E-state index contributed by atoms with van der Waals surface area (Å²) >= 11 is 0. The van der Waals surface area contributed by atoms with Gasteiger partial charge in [-0.3, -0.25) is 4.79 Å². The van der Waals surface area contributed by atoms with Crippen LogP contribution in [-0.2, 0) is 18.9 Å². The van der Waals surface area contributed by atoms with E-state index in [9.17, 15) is 31.1 Å². The predicted octanol–water partition coefficient (Wildman–Crippen LogP) is 5.78. The molecule has 159 valence electrons. The topological polar surface area (TPSA) is 48.0 Å². The molecule has 1 heterocycles. The third-order valence-electron chi connectivity index (χ3n) is 5.01. The van der Waals surface area contributed by atoms with Gasteiger partial charge in [0.2, 0.25) is 5.91 Å². The summed E-state index contributed by atoms with van der Waals surface area (Å²) in [6, 6.07) is 13.3. The van der Waals surface area contributed by atoms with Crippen molar-refractivity contribution < 1.29 is 31.1 Å². The molecule has 2 N–H and O–H groups in total. The lowest BCUT2D eigenvalue weighted by atomic mass is 10.0. The number of carbonyl (C=O) groups excluding carboxylic acids is 1. The molecule has 3 aromatic carbocycles. The molecule has 4 rings (SSSR count). The zero-order valence-corrected chi connectivity index (χ0v) is 15.6. The van der Waals surface area contributed by atoms with Gasteiger partial charge in [-0.2, -0.15) is 26.3 Å². The summed E-state index contributed by atoms with van der Waals surface area (Å²) in [4.78, 5) is 11.9. The van der Waals surface area contributed by atoms with E-state index in [0.29, 0.717) is 16.5 Å². The summed E-state index contributed by atoms with van der Waals surface area (Å²) in [7, 11) is 0. The molecule has 31 heavy (non-hydrogen) atoms. The number of amides is 1. The quantitative estimate of drug-likeness (QED) is 0.408. The zero-order valence-electron chi connectivity index (χ0n) is 15.6. The van der Waals surface area contributed by atoms with Gasteiger partial charge in [0.15, 0.2) is 0 Å². The lowest BCUT2D eigenvalue weighted by Crippen LogP contribution is -2.11. The molecule has 0 spiro atoms. The van der Waals surface area contributed by atoms with Gasteiger partial charge in [-0.1, -0.05) is 18.2 Å². The highest BCUT2D eigenvalue weighted by Gasteiger charge is 2.32. The summed E-state index contributed by atoms with van der Waals surface area (Å²) in [5.74, 6) is -0.757. The number of halogens is 6. The number of aromatic nitrogens is 1. The van der Waals surface area contributed by atoms with E-state index in [4.69, 9.17) is 5.73 Å². The molecule has 3 nitrogen and oxygen atoms in total. The van der Waals surface area contributed by atoms with Gasteiger partial charge in [0.25, 0.3) is 0 Å². The minimum absolute atomic E-state index is 0.0184. The average molecular weight is 435 g/mol. The van der Waals surface area contributed by atoms with Gasteiger partial charge in [-0.15, -0.1) is 0 Å². The van der Waals surface area contributed by atoms with Crippen LogP contribution < -0.4 is 5.73 Å². The van der Waals surface area contributed by atoms with E-state index in [-0.39, 0.29) is 23.0 Å². The Labute approximate surface area is 171 Å². The van der Waals surface area contributed by atoms with E-state index < -0.39 is 29.4 Å². The van der Waals surface area contributed by atoms with E-state index >= 15 is 0 Å². The average Bonchev–Trinajstić information content (AvgIpc) is 3.00. The largest absolute Gasteiger partial charge is 0.416 e. The van der Waals surface area contributed by atoms with Crippen LogP contribution in [0.4, 0.5) is 26.3 Å². The first-order chi connectivity index (χ1) is 14.5. The summed E-state index contributed by atoms with van der Waals surface area (Å²) in [6.45, 7) is -0.0184. The molecule has 0 bridgehead atoms. The number of benzene rings is 3. The minimum atomic E-state index is -4.62. The second kappa shape index (κ2) is 7.04. The molecule has 0 fully saturated rings. The number of hydrogen-bond acceptors (Lipinski definition) is 1. The highest BCUT2D eigenvalue weighted by Crippen LogP contribution is 2.37. The molecule has 0 saturated carbocycles. The van der Waals surface area contributed by atoms with Crippen molar-refractivity contribution >= 4 is 27.7 Å². The number of carbonyl (C=O) groups is 1. The van der Waals surface area contributed by atoms with E-state index in [1.165, 1.54) is 28.8 Å². The van der Waals surface area contributed by atoms with Crippen LogP contribution >= 0.6 is 0 Å². The monoisotopic (exact) mass is 435 g/mol. The molecule has 0 saturated heterocycles. The normalized spacial score (nSPS) is 12.6. The van der Waals surface area contributed by atoms with Crippen molar-refractivity contribution in [1.29, 1.82) is 0 Å². The Morgan fingerprint density at radius 1 is 0.903 bits per heavy atom. The van der Waals surface area contributed by atoms with Crippen LogP contribution in [-0.4, -0.2) is 10.5 Å². The van der Waals surface area contributed by atoms with Gasteiger partial charge >= 0.3 is 12.4 Å². The SMILES string of the molecule is NC(=O)c1cccc2c1c1[c]cc(C(F)(F)F)cc1n2Cc1ccc(C(F)(F)F)cc1. The van der Waals surface area contributed by atoms with Crippen LogP contribution in [0.5, 0.6) is 0 Å². The highest BCUT2D eigenvalue weighted by molar-refractivity contribution is 6.17. The molecule has 0 unspecified atom stereocenters. The summed E-state index contributed by atoms with van der Waals surface area (Å²) < 4.78 is 79.8. The van der Waals surface area contributed by atoms with Crippen LogP contribution in [0.1, 0.15) is 27.0 Å². The van der Waals surface area contributed by atoms with E-state index in [1.54, 1.807) is 6.07 Å². The molecular formula is C22H13F6N2O. The van der Waals surface area contributed by atoms with Crippen LogP contribution in [0.15, 0.2) is 54.6 Å². The Kier molecular flexibility index (Phi) is 4.72. The van der Waals surface area contributed by atoms with Gasteiger partial charge < -0.3 is 10.3 Å². The number of primary amides is 1. The van der Waals surface area contributed by atoms with Crippen molar-refractivity contribution in [2.75, 3.05) is 0 Å². The molecule has 0 aliphatic rings. The summed E-state index contributed by atoms with van der Waals surface area (Å²) in [6.07, 6.45) is -9.12. The van der Waals surface area contributed by atoms with Gasteiger partial charge in [0, 0.05) is 22.9 Å². The van der Waals surface area contributed by atoms with Crippen LogP contribution in [0.2, 0.25) is 0 Å². The smallest absolute Gasteiger partial charge is 0.366 e. The molecule has 9 heteroatoms. The van der Waals surface area contributed by atoms with Crippen molar-refractivity contribution in [2.45, 2.75) is 18.9 Å². The Morgan fingerprint density at radius 2 is 1.55 bits per heavy atom. The highest BCUT2D eigenvalue weighted by atomic mass is 19.4. The molecule has 0 aliphatic carbocycles. The second-order valence-corrected chi connectivity index (χ2v) is 6.99. The molecule has 0 aliphatic heterocycles. The van der Waals surface area contributed by atoms with Gasteiger partial charge in [-0.25, -0.2) is 0 Å². The standard InChI is InChI=1S/C22H13F6N2O/c23-21(24,25)13-6-4-12(5-7-13)11-30-17-3-1-2-16(20(29)31)19(17)15-9-8-14(10-18(15)30)22(26,27)28/h1-8,10H,11H2,(H2,29,31). The summed E-state index contributed by atoms with van der Waals surface area (Å²) in [5, 5.41) is 0.606. The molecular weight excluding hydrogens is 422 g/mol. The Morgan fingerprint density at radius 3 is 2.13 bits per heavy atom. The predicted molar refractivity (Wildman–Crippen MR) is 102 cm³/mol. The lowest BCUT2D eigenvalue weighted by molar-refractivity contribution is -0.138. The fourth-order valence-corrected chi connectivity index (χ4v) is 3.58. The van der Waals surface area contributed by atoms with Crippen LogP contribution in [0, 0.1) is 6.07 Å². The molecule has 0 atom stereocenters. The fourth-order valence-electron chi connectivity index (χ4n) is 3.58. The van der Waals surface area contributed by atoms with Crippen LogP contribution in [0.25, 0.3) is 21.8 Å². The van der Waals surface area contributed by atoms with Crippen molar-refractivity contribution in [2.24, 2.45) is 5.73 Å². The first-order valence-corrected chi connectivity index (χ1v) is 8.96. The maximum absolute atomic E-state index is 13.3. The molecule has 1 aromatic heterocycles. The Hall–Kier alpha value is -3.49. The third-order valence-corrected chi connectivity index (χ3v) is 5.01. The van der Waals surface area contributed by atoms with Crippen molar-refractivity contribution in [1.82, 2.24) is 4.57 Å². The van der Waals surface area contributed by atoms with Gasteiger partial charge in [-0.05, 0) is 48.0 Å². The van der Waals surface area contributed by atoms with Crippen molar-refractivity contribution in [3.8, 4) is 0 Å².